The predicted molar refractivity (Wildman–Crippen MR) is 381 cm³/mol. The second kappa shape index (κ2) is 51.2. The minimum atomic E-state index is 0. The minimum absolute atomic E-state index is 0. The van der Waals surface area contributed by atoms with E-state index in [2.05, 4.69) is 168 Å². The Morgan fingerprint density at radius 1 is 0.412 bits per heavy atom. The molecule has 0 saturated carbocycles. The molecular formula is C73H120Cl4N4O4. The van der Waals surface area contributed by atoms with Crippen molar-refractivity contribution in [3.05, 3.63) is 152 Å². The molecule has 1 fully saturated rings. The van der Waals surface area contributed by atoms with Crippen molar-refractivity contribution in [2.75, 3.05) is 87.3 Å². The minimum Gasteiger partial charge on any atom is -0.493 e. The van der Waals surface area contributed by atoms with Gasteiger partial charge in [-0.2, -0.15) is 0 Å². The highest BCUT2D eigenvalue weighted by atomic mass is 35.5. The zero-order chi connectivity index (χ0) is 59.0. The molecule has 1 aliphatic rings. The number of nitrogens with zero attached hydrogens (tertiary/aromatic N) is 3. The van der Waals surface area contributed by atoms with Crippen LogP contribution in [0.1, 0.15) is 196 Å². The molecule has 0 spiro atoms. The van der Waals surface area contributed by atoms with Gasteiger partial charge in [0.1, 0.15) is 0 Å². The average molecular weight is 1260 g/mol. The first kappa shape index (κ1) is 83.4. The van der Waals surface area contributed by atoms with Gasteiger partial charge in [-0.1, -0.05) is 117 Å². The molecule has 12 heteroatoms. The summed E-state index contributed by atoms with van der Waals surface area (Å²) >= 11 is 0. The number of hydrogen-bond donors (Lipinski definition) is 1. The zero-order valence-electron chi connectivity index (χ0n) is 55.8. The highest BCUT2D eigenvalue weighted by molar-refractivity contribution is 5.86. The average Bonchev–Trinajstić information content (AvgIpc) is 3.58. The third-order valence-corrected chi connectivity index (χ3v) is 15.9. The summed E-state index contributed by atoms with van der Waals surface area (Å²) in [6.45, 7) is 34.4. The predicted octanol–water partition coefficient (Wildman–Crippen LogP) is 20.2. The van der Waals surface area contributed by atoms with Gasteiger partial charge in [0.05, 0.1) is 28.4 Å². The molecule has 0 radical (unpaired) electrons. The van der Waals surface area contributed by atoms with Gasteiger partial charge in [0.15, 0.2) is 23.0 Å². The van der Waals surface area contributed by atoms with Crippen LogP contribution in [0.4, 0.5) is 0 Å². The van der Waals surface area contributed by atoms with Gasteiger partial charge in [-0.25, -0.2) is 0 Å². The lowest BCUT2D eigenvalue weighted by Crippen LogP contribution is -2.47. The highest BCUT2D eigenvalue weighted by Crippen LogP contribution is 2.29. The van der Waals surface area contributed by atoms with Crippen LogP contribution < -0.4 is 24.3 Å². The van der Waals surface area contributed by atoms with Crippen molar-refractivity contribution in [3.8, 4) is 23.0 Å². The second-order valence-electron chi connectivity index (χ2n) is 23.7. The molecule has 1 saturated heterocycles. The standard InChI is InChI=1S/C73H116N4O4.4ClH/c1-59(2)25-15-26-60(3)27-16-28-61(4)29-17-30-62(5)31-18-32-63(6)33-19-34-64(7)35-20-36-65(8)37-21-38-66(9)39-22-40-67(10)45-50-77(58-69-42-44-71(79-12)73(56-69)81-14)49-24-48-76-53-51-75(52-54-76)47-23-46-74-57-68-41-43-70(78-11)72(55-68)80-13;;;;/h25,27,29,31,33,35,37,39,41-45,55-56,74H,15-24,26,28,30,32,34,36,38,40,46-54,57-58H2,1-14H3;4*1H/b60-27+,61-29+,62-31+,63-33+,64-35+,65-37+,66-39+,67-45+;;;;. The maximum Gasteiger partial charge on any atom is 0.161 e. The van der Waals surface area contributed by atoms with Gasteiger partial charge in [-0.05, 0) is 240 Å². The van der Waals surface area contributed by atoms with Gasteiger partial charge < -0.3 is 34.1 Å². The second-order valence-corrected chi connectivity index (χ2v) is 23.7. The molecule has 85 heavy (non-hydrogen) atoms. The Morgan fingerprint density at radius 3 is 1.08 bits per heavy atom. The Kier molecular flexibility index (Phi) is 50.2. The van der Waals surface area contributed by atoms with Gasteiger partial charge in [-0.3, -0.25) is 4.90 Å². The van der Waals surface area contributed by atoms with Crippen LogP contribution >= 0.6 is 49.6 Å². The van der Waals surface area contributed by atoms with Gasteiger partial charge in [0.2, 0.25) is 0 Å². The first-order chi connectivity index (χ1) is 39.1. The van der Waals surface area contributed by atoms with E-state index >= 15 is 0 Å². The molecular weight excluding hydrogens is 1140 g/mol. The van der Waals surface area contributed by atoms with Crippen molar-refractivity contribution in [2.24, 2.45) is 0 Å². The molecule has 2 aromatic rings. The number of hydrogen-bond acceptors (Lipinski definition) is 8. The molecule has 484 valence electrons. The fourth-order valence-electron chi connectivity index (χ4n) is 10.4. The van der Waals surface area contributed by atoms with E-state index < -0.39 is 0 Å². The van der Waals surface area contributed by atoms with Crippen LogP contribution in [-0.4, -0.2) is 102 Å². The summed E-state index contributed by atoms with van der Waals surface area (Å²) in [4.78, 5) is 7.88. The number of allylic oxidation sites excluding steroid dienone is 17. The number of nitrogens with one attached hydrogen (secondary N) is 1. The van der Waals surface area contributed by atoms with Crippen molar-refractivity contribution in [3.63, 3.8) is 0 Å². The summed E-state index contributed by atoms with van der Waals surface area (Å²) in [5.74, 6) is 3.11. The lowest BCUT2D eigenvalue weighted by atomic mass is 10.0. The largest absolute Gasteiger partial charge is 0.493 e. The fraction of sp³-hybridized carbons (Fsp3) is 0.589. The topological polar surface area (TPSA) is 58.7 Å². The van der Waals surface area contributed by atoms with Crippen molar-refractivity contribution in [2.45, 2.75) is 198 Å². The van der Waals surface area contributed by atoms with E-state index in [1.54, 1.807) is 28.4 Å². The maximum atomic E-state index is 5.68. The highest BCUT2D eigenvalue weighted by Gasteiger charge is 2.17. The Bertz CT molecular complexity index is 2390. The Labute approximate surface area is 545 Å². The lowest BCUT2D eigenvalue weighted by Gasteiger charge is -2.35. The van der Waals surface area contributed by atoms with Crippen LogP contribution in [0.5, 0.6) is 23.0 Å². The van der Waals surface area contributed by atoms with Crippen LogP contribution in [0.2, 0.25) is 0 Å². The lowest BCUT2D eigenvalue weighted by molar-refractivity contribution is 0.126. The molecule has 0 unspecified atom stereocenters. The summed E-state index contributed by atoms with van der Waals surface area (Å²) in [5, 5.41) is 3.61. The molecule has 1 N–H and O–H groups in total. The van der Waals surface area contributed by atoms with E-state index in [4.69, 9.17) is 18.9 Å². The molecule has 0 aliphatic carbocycles. The first-order valence-electron chi connectivity index (χ1n) is 31.3. The van der Waals surface area contributed by atoms with Gasteiger partial charge >= 0.3 is 0 Å². The van der Waals surface area contributed by atoms with E-state index in [1.165, 1.54) is 87.0 Å². The van der Waals surface area contributed by atoms with E-state index in [0.29, 0.717) is 0 Å². The van der Waals surface area contributed by atoms with Crippen LogP contribution in [0.3, 0.4) is 0 Å². The fourth-order valence-corrected chi connectivity index (χ4v) is 10.4. The Hall–Kier alpha value is -3.70. The van der Waals surface area contributed by atoms with E-state index in [-0.39, 0.29) is 49.6 Å². The summed E-state index contributed by atoms with van der Waals surface area (Å²) in [6, 6.07) is 12.5. The van der Waals surface area contributed by atoms with Gasteiger partial charge in [0.25, 0.3) is 0 Å². The van der Waals surface area contributed by atoms with Gasteiger partial charge in [0, 0.05) is 52.4 Å². The summed E-state index contributed by atoms with van der Waals surface area (Å²) < 4.78 is 22.1. The normalized spacial score (nSPS) is 14.3. The van der Waals surface area contributed by atoms with Crippen molar-refractivity contribution >= 4 is 49.6 Å². The number of benzene rings is 2. The molecule has 2 aromatic carbocycles. The molecule has 8 nitrogen and oxygen atoms in total. The quantitative estimate of drug-likeness (QED) is 0.0521. The van der Waals surface area contributed by atoms with Crippen molar-refractivity contribution in [1.29, 1.82) is 0 Å². The van der Waals surface area contributed by atoms with Crippen molar-refractivity contribution in [1.82, 2.24) is 20.0 Å². The molecule has 1 heterocycles. The number of rotatable bonds is 42. The van der Waals surface area contributed by atoms with E-state index in [9.17, 15) is 0 Å². The summed E-state index contributed by atoms with van der Waals surface area (Å²) in [5.41, 5.74) is 16.0. The number of piperazine rings is 1. The number of halogens is 4. The molecule has 3 rings (SSSR count). The number of ether oxygens (including phenoxy) is 4. The Balaban J connectivity index is 0. The first-order valence-corrected chi connectivity index (χ1v) is 31.3. The zero-order valence-corrected chi connectivity index (χ0v) is 59.0. The van der Waals surface area contributed by atoms with Crippen LogP contribution in [0.25, 0.3) is 0 Å². The SMILES string of the molecule is COc1ccc(CNCCCN2CCN(CCCN(C/C=C(\C)CC/C=C(\C)CC/C=C(\C)CC/C=C(\C)CC/C=C(\C)CC/C=C(\C)CC/C=C(\C)CC/C=C(\C)CCC=C(C)C)Cc3ccc(OC)c(OC)c3)CC2)cc1OC.Cl.Cl.Cl.Cl. The smallest absolute Gasteiger partial charge is 0.161 e. The van der Waals surface area contributed by atoms with Crippen LogP contribution in [-0.2, 0) is 13.1 Å². The van der Waals surface area contributed by atoms with Crippen LogP contribution in [0.15, 0.2) is 141 Å². The monoisotopic (exact) mass is 1260 g/mol. The third-order valence-electron chi connectivity index (χ3n) is 15.9. The summed E-state index contributed by atoms with van der Waals surface area (Å²) in [7, 11) is 6.78. The van der Waals surface area contributed by atoms with Gasteiger partial charge in [-0.15, -0.1) is 49.6 Å². The molecule has 0 amide bonds. The molecule has 0 atom stereocenters. The molecule has 1 aliphatic heterocycles. The van der Waals surface area contributed by atoms with Crippen molar-refractivity contribution < 1.29 is 18.9 Å². The molecule has 0 aromatic heterocycles. The number of methoxy groups -OCH3 is 4. The summed E-state index contributed by atoms with van der Waals surface area (Å²) in [6.07, 6.45) is 42.7. The van der Waals surface area contributed by atoms with E-state index in [1.807, 2.05) is 12.1 Å². The molecule has 0 bridgehead atoms. The van der Waals surface area contributed by atoms with E-state index in [0.717, 1.165) is 185 Å². The van der Waals surface area contributed by atoms with Crippen LogP contribution in [0, 0.1) is 0 Å². The third kappa shape index (κ3) is 39.7. The maximum absolute atomic E-state index is 5.68. The Morgan fingerprint density at radius 2 is 0.729 bits per heavy atom.